The van der Waals surface area contributed by atoms with Crippen molar-refractivity contribution in [1.82, 2.24) is 20.8 Å². The minimum atomic E-state index is -0.333. The smallest absolute Gasteiger partial charge is 0.270 e. The summed E-state index contributed by atoms with van der Waals surface area (Å²) in [6.07, 6.45) is 3.38. The maximum Gasteiger partial charge on any atom is 0.270 e. The van der Waals surface area contributed by atoms with E-state index in [4.69, 9.17) is 23.8 Å². The van der Waals surface area contributed by atoms with E-state index in [1.807, 2.05) is 55.5 Å². The number of amides is 1. The number of rotatable bonds is 3. The molecule has 2 aromatic heterocycles. The lowest BCUT2D eigenvalue weighted by molar-refractivity contribution is 0.0946. The summed E-state index contributed by atoms with van der Waals surface area (Å²) in [7, 11) is 0. The maximum atomic E-state index is 13.0. The Morgan fingerprint density at radius 3 is 2.58 bits per heavy atom. The minimum Gasteiger partial charge on any atom is -0.331 e. The summed E-state index contributed by atoms with van der Waals surface area (Å²) in [5, 5.41) is 4.64. The number of thiocarbonyl (C=S) groups is 1. The molecular formula is C23H18ClN5OS. The summed E-state index contributed by atoms with van der Waals surface area (Å²) in [4.78, 5) is 21.7. The van der Waals surface area contributed by atoms with E-state index in [2.05, 4.69) is 26.1 Å². The van der Waals surface area contributed by atoms with Crippen LogP contribution in [0, 0.1) is 6.92 Å². The van der Waals surface area contributed by atoms with Gasteiger partial charge in [0, 0.05) is 34.1 Å². The number of carbonyl (C=O) groups excluding carboxylic acids is 1. The maximum absolute atomic E-state index is 13.0. The Morgan fingerprint density at radius 2 is 1.77 bits per heavy atom. The Balaban J connectivity index is 1.56. The molecule has 4 aromatic rings. The van der Waals surface area contributed by atoms with Crippen molar-refractivity contribution < 1.29 is 4.79 Å². The van der Waals surface area contributed by atoms with E-state index in [-0.39, 0.29) is 11.0 Å². The van der Waals surface area contributed by atoms with Gasteiger partial charge in [-0.1, -0.05) is 35.9 Å². The van der Waals surface area contributed by atoms with Crippen LogP contribution in [0.25, 0.3) is 22.2 Å². The zero-order valence-corrected chi connectivity index (χ0v) is 18.1. The SMILES string of the molecule is Cc1c(Cl)cccc1NC(=S)NNC(=O)c1cc(-c2ccncc2)nc2ccccc12. The third-order valence-corrected chi connectivity index (χ3v) is 5.36. The third-order valence-electron chi connectivity index (χ3n) is 4.74. The van der Waals surface area contributed by atoms with Crippen LogP contribution in [0.5, 0.6) is 0 Å². The number of aromatic nitrogens is 2. The number of pyridine rings is 2. The number of nitrogens with zero attached hydrogens (tertiary/aromatic N) is 2. The summed E-state index contributed by atoms with van der Waals surface area (Å²) in [6, 6.07) is 18.4. The molecule has 0 fully saturated rings. The molecule has 2 heterocycles. The molecule has 1 amide bonds. The summed E-state index contributed by atoms with van der Waals surface area (Å²) in [6.45, 7) is 1.88. The molecule has 2 aromatic carbocycles. The Bertz CT molecular complexity index is 1280. The zero-order valence-electron chi connectivity index (χ0n) is 16.5. The Morgan fingerprint density at radius 1 is 1.00 bits per heavy atom. The van der Waals surface area contributed by atoms with E-state index in [1.54, 1.807) is 24.5 Å². The fourth-order valence-corrected chi connectivity index (χ4v) is 3.45. The second kappa shape index (κ2) is 9.07. The highest BCUT2D eigenvalue weighted by Crippen LogP contribution is 2.25. The van der Waals surface area contributed by atoms with Gasteiger partial charge in [0.25, 0.3) is 5.91 Å². The van der Waals surface area contributed by atoms with Crippen molar-refractivity contribution in [1.29, 1.82) is 0 Å². The van der Waals surface area contributed by atoms with Gasteiger partial charge in [-0.25, -0.2) is 4.98 Å². The van der Waals surface area contributed by atoms with E-state index >= 15 is 0 Å². The average Bonchev–Trinajstić information content (AvgIpc) is 2.80. The van der Waals surface area contributed by atoms with Crippen LogP contribution in [0.2, 0.25) is 5.02 Å². The summed E-state index contributed by atoms with van der Waals surface area (Å²) in [5.74, 6) is -0.333. The van der Waals surface area contributed by atoms with Gasteiger partial charge in [0.1, 0.15) is 0 Å². The molecule has 154 valence electrons. The van der Waals surface area contributed by atoms with Gasteiger partial charge >= 0.3 is 0 Å². The largest absolute Gasteiger partial charge is 0.331 e. The Kier molecular flexibility index (Phi) is 6.06. The molecule has 0 radical (unpaired) electrons. The van der Waals surface area contributed by atoms with Crippen LogP contribution in [-0.4, -0.2) is 21.0 Å². The van der Waals surface area contributed by atoms with Crippen molar-refractivity contribution in [3.63, 3.8) is 0 Å². The molecule has 6 nitrogen and oxygen atoms in total. The number of nitrogens with one attached hydrogen (secondary N) is 3. The molecule has 0 saturated carbocycles. The van der Waals surface area contributed by atoms with E-state index in [1.165, 1.54) is 0 Å². The van der Waals surface area contributed by atoms with Crippen LogP contribution in [0.3, 0.4) is 0 Å². The lowest BCUT2D eigenvalue weighted by atomic mass is 10.0. The van der Waals surface area contributed by atoms with Gasteiger partial charge < -0.3 is 5.32 Å². The third kappa shape index (κ3) is 4.63. The van der Waals surface area contributed by atoms with Gasteiger partial charge in [-0.3, -0.25) is 20.6 Å². The minimum absolute atomic E-state index is 0.242. The molecule has 0 spiro atoms. The molecule has 0 aliphatic rings. The predicted molar refractivity (Wildman–Crippen MR) is 128 cm³/mol. The number of anilines is 1. The molecule has 0 saturated heterocycles. The average molecular weight is 448 g/mol. The standard InChI is InChI=1S/C23H18ClN5OS/c1-14-18(24)6-4-8-19(14)27-23(31)29-28-22(30)17-13-21(15-9-11-25-12-10-15)26-20-7-3-2-5-16(17)20/h2-13H,1H3,(H,28,30)(H2,27,29,31). The molecule has 0 bridgehead atoms. The van der Waals surface area contributed by atoms with E-state index in [9.17, 15) is 4.79 Å². The summed E-state index contributed by atoms with van der Waals surface area (Å²) < 4.78 is 0. The predicted octanol–water partition coefficient (Wildman–Crippen LogP) is 4.89. The number of hydrogen-bond donors (Lipinski definition) is 3. The van der Waals surface area contributed by atoms with Gasteiger partial charge in [0.2, 0.25) is 0 Å². The number of carbonyl (C=O) groups is 1. The van der Waals surface area contributed by atoms with Gasteiger partial charge in [-0.05, 0) is 61.1 Å². The number of benzene rings is 2. The highest BCUT2D eigenvalue weighted by atomic mass is 35.5. The van der Waals surface area contributed by atoms with Gasteiger partial charge in [-0.2, -0.15) is 0 Å². The molecule has 0 atom stereocenters. The van der Waals surface area contributed by atoms with Crippen LogP contribution >= 0.6 is 23.8 Å². The summed E-state index contributed by atoms with van der Waals surface area (Å²) in [5.41, 5.74) is 9.78. The van der Waals surface area contributed by atoms with Crippen LogP contribution < -0.4 is 16.2 Å². The summed E-state index contributed by atoms with van der Waals surface area (Å²) >= 11 is 11.4. The Hall–Kier alpha value is -3.55. The fourth-order valence-electron chi connectivity index (χ4n) is 3.11. The molecule has 31 heavy (non-hydrogen) atoms. The van der Waals surface area contributed by atoms with Gasteiger partial charge in [0.15, 0.2) is 5.11 Å². The first kappa shape index (κ1) is 20.7. The molecule has 4 rings (SSSR count). The first-order valence-electron chi connectivity index (χ1n) is 9.45. The van der Waals surface area contributed by atoms with Crippen molar-refractivity contribution >= 4 is 51.4 Å². The molecule has 0 unspecified atom stereocenters. The van der Waals surface area contributed by atoms with Crippen molar-refractivity contribution in [2.75, 3.05) is 5.32 Å². The number of hydrogen-bond acceptors (Lipinski definition) is 4. The van der Waals surface area contributed by atoms with Gasteiger partial charge in [-0.15, -0.1) is 0 Å². The normalized spacial score (nSPS) is 10.5. The highest BCUT2D eigenvalue weighted by Gasteiger charge is 2.14. The first-order chi connectivity index (χ1) is 15.0. The molecule has 8 heteroatoms. The first-order valence-corrected chi connectivity index (χ1v) is 10.2. The molecule has 0 aliphatic carbocycles. The number of para-hydroxylation sites is 1. The number of halogens is 1. The van der Waals surface area contributed by atoms with Crippen LogP contribution in [0.4, 0.5) is 5.69 Å². The quantitative estimate of drug-likeness (QED) is 0.306. The van der Waals surface area contributed by atoms with Crippen molar-refractivity contribution in [2.24, 2.45) is 0 Å². The lowest BCUT2D eigenvalue weighted by Crippen LogP contribution is -2.43. The van der Waals surface area contributed by atoms with Crippen LogP contribution in [0.1, 0.15) is 15.9 Å². The monoisotopic (exact) mass is 447 g/mol. The van der Waals surface area contributed by atoms with Gasteiger partial charge in [0.05, 0.1) is 16.8 Å². The second-order valence-corrected chi connectivity index (χ2v) is 7.57. The van der Waals surface area contributed by atoms with Crippen LogP contribution in [-0.2, 0) is 0 Å². The number of hydrazine groups is 1. The van der Waals surface area contributed by atoms with E-state index in [0.29, 0.717) is 16.3 Å². The van der Waals surface area contributed by atoms with Crippen LogP contribution in [0.15, 0.2) is 73.1 Å². The van der Waals surface area contributed by atoms with Crippen molar-refractivity contribution in [3.05, 3.63) is 89.2 Å². The molecular weight excluding hydrogens is 430 g/mol. The topological polar surface area (TPSA) is 78.9 Å². The van der Waals surface area contributed by atoms with E-state index in [0.717, 1.165) is 27.7 Å². The highest BCUT2D eigenvalue weighted by molar-refractivity contribution is 7.80. The number of fused-ring (bicyclic) bond motifs is 1. The molecule has 0 aliphatic heterocycles. The van der Waals surface area contributed by atoms with Crippen molar-refractivity contribution in [2.45, 2.75) is 6.92 Å². The fraction of sp³-hybridized carbons (Fsp3) is 0.0435. The lowest BCUT2D eigenvalue weighted by Gasteiger charge is -2.15. The Labute approximate surface area is 189 Å². The second-order valence-electron chi connectivity index (χ2n) is 6.75. The molecule has 3 N–H and O–H groups in total. The zero-order chi connectivity index (χ0) is 21.8. The van der Waals surface area contributed by atoms with Crippen molar-refractivity contribution in [3.8, 4) is 11.3 Å². The van der Waals surface area contributed by atoms with E-state index < -0.39 is 0 Å².